The first kappa shape index (κ1) is 14.0. The Bertz CT molecular complexity index is 276. The van der Waals surface area contributed by atoms with E-state index in [0.29, 0.717) is 19.4 Å². The van der Waals surface area contributed by atoms with Crippen LogP contribution in [0.15, 0.2) is 0 Å². The highest BCUT2D eigenvalue weighted by molar-refractivity contribution is 5.85. The molecule has 1 aliphatic rings. The van der Waals surface area contributed by atoms with E-state index in [9.17, 15) is 9.59 Å². The molecule has 1 heterocycles. The Morgan fingerprint density at radius 2 is 2.18 bits per heavy atom. The van der Waals surface area contributed by atoms with Gasteiger partial charge in [-0.1, -0.05) is 19.8 Å². The van der Waals surface area contributed by atoms with Gasteiger partial charge in [-0.15, -0.1) is 0 Å². The molecule has 0 N–H and O–H groups in total. The van der Waals surface area contributed by atoms with Crippen LogP contribution in [-0.4, -0.2) is 35.5 Å². The number of carbonyl (C=O) groups is 2. The molecule has 1 amide bonds. The first-order valence-corrected chi connectivity index (χ1v) is 6.56. The Labute approximate surface area is 103 Å². The van der Waals surface area contributed by atoms with Gasteiger partial charge in [0, 0.05) is 25.4 Å². The van der Waals surface area contributed by atoms with Gasteiger partial charge in [0.1, 0.15) is 0 Å². The number of unbranched alkanes of at least 4 members (excludes halogenated alkanes) is 2. The van der Waals surface area contributed by atoms with Crippen molar-refractivity contribution in [1.82, 2.24) is 4.90 Å². The minimum absolute atomic E-state index is 0.0381. The molecule has 1 saturated heterocycles. The van der Waals surface area contributed by atoms with Crippen molar-refractivity contribution in [2.24, 2.45) is 0 Å². The molecule has 0 saturated carbocycles. The summed E-state index contributed by atoms with van der Waals surface area (Å²) < 4.78 is 5.22. The molecule has 0 radical (unpaired) electrons. The topological polar surface area (TPSA) is 46.6 Å². The molecule has 0 aromatic rings. The molecular formula is C13H23NO3. The van der Waals surface area contributed by atoms with E-state index in [-0.39, 0.29) is 17.9 Å². The zero-order valence-electron chi connectivity index (χ0n) is 11.1. The Balaban J connectivity index is 2.33. The van der Waals surface area contributed by atoms with Crippen LogP contribution in [0.1, 0.15) is 52.9 Å². The van der Waals surface area contributed by atoms with Gasteiger partial charge >= 0.3 is 5.97 Å². The van der Waals surface area contributed by atoms with Crippen molar-refractivity contribution in [2.45, 2.75) is 65.0 Å². The van der Waals surface area contributed by atoms with E-state index in [0.717, 1.165) is 19.3 Å². The standard InChI is InChI=1S/C13H23NO3/c1-4-5-6-7-12(15)17-11-8-9-14(10(2)3)13(11)16/h10-11H,4-9H2,1-3H3/t11-/m0/s1. The second-order valence-electron chi connectivity index (χ2n) is 4.85. The van der Waals surface area contributed by atoms with Gasteiger partial charge in [-0.3, -0.25) is 9.59 Å². The van der Waals surface area contributed by atoms with Gasteiger partial charge in [-0.25, -0.2) is 0 Å². The molecule has 0 aromatic carbocycles. The summed E-state index contributed by atoms with van der Waals surface area (Å²) in [5.74, 6) is -0.272. The summed E-state index contributed by atoms with van der Waals surface area (Å²) >= 11 is 0. The fourth-order valence-electron chi connectivity index (χ4n) is 2.03. The monoisotopic (exact) mass is 241 g/mol. The second kappa shape index (κ2) is 6.62. The van der Waals surface area contributed by atoms with Gasteiger partial charge in [0.05, 0.1) is 0 Å². The predicted octanol–water partition coefficient (Wildman–Crippen LogP) is 2.12. The molecule has 0 aliphatic carbocycles. The average molecular weight is 241 g/mol. The Kier molecular flexibility index (Phi) is 5.45. The first-order chi connectivity index (χ1) is 8.06. The average Bonchev–Trinajstić information content (AvgIpc) is 2.61. The van der Waals surface area contributed by atoms with Crippen LogP contribution in [0.3, 0.4) is 0 Å². The van der Waals surface area contributed by atoms with Crippen molar-refractivity contribution in [3.8, 4) is 0 Å². The van der Waals surface area contributed by atoms with Gasteiger partial charge in [0.15, 0.2) is 6.10 Å². The third kappa shape index (κ3) is 4.02. The summed E-state index contributed by atoms with van der Waals surface area (Å²) in [6.45, 7) is 6.74. The van der Waals surface area contributed by atoms with Gasteiger partial charge in [-0.05, 0) is 20.3 Å². The van der Waals surface area contributed by atoms with Gasteiger partial charge in [0.25, 0.3) is 5.91 Å². The summed E-state index contributed by atoms with van der Waals surface area (Å²) in [5.41, 5.74) is 0. The summed E-state index contributed by atoms with van der Waals surface area (Å²) in [7, 11) is 0. The van der Waals surface area contributed by atoms with Gasteiger partial charge in [-0.2, -0.15) is 0 Å². The normalized spacial score (nSPS) is 20.1. The van der Waals surface area contributed by atoms with Crippen LogP contribution in [-0.2, 0) is 14.3 Å². The Morgan fingerprint density at radius 3 is 2.71 bits per heavy atom. The number of carbonyl (C=O) groups excluding carboxylic acids is 2. The van der Waals surface area contributed by atoms with Crippen LogP contribution in [0, 0.1) is 0 Å². The Morgan fingerprint density at radius 1 is 1.47 bits per heavy atom. The van der Waals surface area contributed by atoms with Crippen molar-refractivity contribution in [2.75, 3.05) is 6.54 Å². The second-order valence-corrected chi connectivity index (χ2v) is 4.85. The van der Waals surface area contributed by atoms with Gasteiger partial charge in [0.2, 0.25) is 0 Å². The molecule has 98 valence electrons. The van der Waals surface area contributed by atoms with Crippen molar-refractivity contribution >= 4 is 11.9 Å². The number of ether oxygens (including phenoxy) is 1. The van der Waals surface area contributed by atoms with Crippen LogP contribution in [0.25, 0.3) is 0 Å². The highest BCUT2D eigenvalue weighted by Gasteiger charge is 2.35. The quantitative estimate of drug-likeness (QED) is 0.528. The largest absolute Gasteiger partial charge is 0.452 e. The maximum atomic E-state index is 11.9. The van der Waals surface area contributed by atoms with Crippen LogP contribution >= 0.6 is 0 Å². The van der Waals surface area contributed by atoms with E-state index in [2.05, 4.69) is 6.92 Å². The number of likely N-dealkylation sites (tertiary alicyclic amines) is 1. The maximum Gasteiger partial charge on any atom is 0.306 e. The molecule has 17 heavy (non-hydrogen) atoms. The minimum atomic E-state index is -0.536. The van der Waals surface area contributed by atoms with E-state index >= 15 is 0 Å². The fraction of sp³-hybridized carbons (Fsp3) is 0.846. The lowest BCUT2D eigenvalue weighted by Crippen LogP contribution is -2.36. The molecule has 1 atom stereocenters. The van der Waals surface area contributed by atoms with Crippen molar-refractivity contribution in [3.63, 3.8) is 0 Å². The highest BCUT2D eigenvalue weighted by Crippen LogP contribution is 2.18. The van der Waals surface area contributed by atoms with Crippen molar-refractivity contribution in [3.05, 3.63) is 0 Å². The third-order valence-electron chi connectivity index (χ3n) is 3.07. The zero-order chi connectivity index (χ0) is 12.8. The number of hydrogen-bond donors (Lipinski definition) is 0. The zero-order valence-corrected chi connectivity index (χ0v) is 11.1. The number of nitrogens with zero attached hydrogens (tertiary/aromatic N) is 1. The van der Waals surface area contributed by atoms with Crippen molar-refractivity contribution in [1.29, 1.82) is 0 Å². The summed E-state index contributed by atoms with van der Waals surface area (Å²) in [5, 5.41) is 0. The van der Waals surface area contributed by atoms with E-state index in [1.165, 1.54) is 0 Å². The lowest BCUT2D eigenvalue weighted by atomic mass is 10.2. The summed E-state index contributed by atoms with van der Waals surface area (Å²) in [6, 6.07) is 0.186. The molecule has 0 spiro atoms. The number of rotatable bonds is 6. The van der Waals surface area contributed by atoms with Gasteiger partial charge < -0.3 is 9.64 Å². The molecule has 0 aromatic heterocycles. The van der Waals surface area contributed by atoms with Crippen molar-refractivity contribution < 1.29 is 14.3 Å². The Hall–Kier alpha value is -1.06. The minimum Gasteiger partial charge on any atom is -0.452 e. The molecule has 0 bridgehead atoms. The predicted molar refractivity (Wildman–Crippen MR) is 65.5 cm³/mol. The highest BCUT2D eigenvalue weighted by atomic mass is 16.5. The van der Waals surface area contributed by atoms with E-state index in [4.69, 9.17) is 4.74 Å². The number of amides is 1. The van der Waals surface area contributed by atoms with Crippen LogP contribution in [0.5, 0.6) is 0 Å². The molecule has 1 rings (SSSR count). The number of esters is 1. The lowest BCUT2D eigenvalue weighted by molar-refractivity contribution is -0.156. The smallest absolute Gasteiger partial charge is 0.306 e. The first-order valence-electron chi connectivity index (χ1n) is 6.56. The van der Waals surface area contributed by atoms with E-state index in [1.807, 2.05) is 13.8 Å². The molecule has 1 fully saturated rings. The molecule has 4 heteroatoms. The summed E-state index contributed by atoms with van der Waals surface area (Å²) in [6.07, 6.45) is 3.49. The third-order valence-corrected chi connectivity index (χ3v) is 3.07. The lowest BCUT2D eigenvalue weighted by Gasteiger charge is -2.20. The molecule has 4 nitrogen and oxygen atoms in total. The van der Waals surface area contributed by atoms with Crippen LogP contribution < -0.4 is 0 Å². The molecular weight excluding hydrogens is 218 g/mol. The summed E-state index contributed by atoms with van der Waals surface area (Å²) in [4.78, 5) is 25.1. The maximum absolute atomic E-state index is 11.9. The molecule has 1 aliphatic heterocycles. The van der Waals surface area contributed by atoms with Crippen LogP contribution in [0.4, 0.5) is 0 Å². The number of hydrogen-bond acceptors (Lipinski definition) is 3. The molecule has 0 unspecified atom stereocenters. The van der Waals surface area contributed by atoms with Crippen LogP contribution in [0.2, 0.25) is 0 Å². The van der Waals surface area contributed by atoms with E-state index < -0.39 is 6.10 Å². The fourth-order valence-corrected chi connectivity index (χ4v) is 2.03. The van der Waals surface area contributed by atoms with E-state index in [1.54, 1.807) is 4.90 Å². The SMILES string of the molecule is CCCCCC(=O)O[C@H]1CCN(C(C)C)C1=O.